The van der Waals surface area contributed by atoms with E-state index < -0.39 is 0 Å². The molecule has 0 bridgehead atoms. The highest BCUT2D eigenvalue weighted by Crippen LogP contribution is 2.36. The van der Waals surface area contributed by atoms with Crippen LogP contribution in [0.2, 0.25) is 0 Å². The fourth-order valence-electron chi connectivity index (χ4n) is 4.82. The summed E-state index contributed by atoms with van der Waals surface area (Å²) in [4.78, 5) is 42.6. The van der Waals surface area contributed by atoms with E-state index >= 15 is 0 Å². The third kappa shape index (κ3) is 4.49. The Morgan fingerprint density at radius 3 is 2.57 bits per heavy atom. The molecule has 0 radical (unpaired) electrons. The number of hydrogen-bond donors (Lipinski definition) is 0. The zero-order valence-corrected chi connectivity index (χ0v) is 21.1. The summed E-state index contributed by atoms with van der Waals surface area (Å²) in [6, 6.07) is 8.09. The molecular weight excluding hydrogens is 466 g/mol. The highest BCUT2D eigenvalue weighted by molar-refractivity contribution is 7.20. The lowest BCUT2D eigenvalue weighted by Crippen LogP contribution is -2.51. The number of amides is 2. The van der Waals surface area contributed by atoms with Crippen LogP contribution in [-0.2, 0) is 22.6 Å². The maximum absolute atomic E-state index is 13.4. The van der Waals surface area contributed by atoms with Crippen LogP contribution in [0.3, 0.4) is 0 Å². The molecule has 0 N–H and O–H groups in total. The van der Waals surface area contributed by atoms with Crippen LogP contribution in [0.1, 0.15) is 26.6 Å². The van der Waals surface area contributed by atoms with Gasteiger partial charge in [0.2, 0.25) is 11.8 Å². The number of para-hydroxylation sites is 1. The number of rotatable bonds is 6. The van der Waals surface area contributed by atoms with Crippen LogP contribution in [0.25, 0.3) is 10.2 Å². The summed E-state index contributed by atoms with van der Waals surface area (Å²) in [7, 11) is 3.16. The number of carbonyl (C=O) groups excluding carboxylic acids is 2. The molecule has 0 saturated carbocycles. The van der Waals surface area contributed by atoms with Crippen molar-refractivity contribution < 1.29 is 19.1 Å². The number of aryl methyl sites for hydroxylation is 1. The van der Waals surface area contributed by atoms with Gasteiger partial charge in [0, 0.05) is 45.5 Å². The van der Waals surface area contributed by atoms with Crippen LogP contribution in [0.4, 0.5) is 5.69 Å². The van der Waals surface area contributed by atoms with E-state index in [0.29, 0.717) is 49.3 Å². The SMILES string of the molecule is COCc1nc(OC)c2c(C)c(C(=O)N3CCN(CC(=O)N4CCc5ccccc54)CC3)sc2n1. The maximum Gasteiger partial charge on any atom is 0.264 e. The lowest BCUT2D eigenvalue weighted by molar-refractivity contribution is -0.120. The number of anilines is 1. The van der Waals surface area contributed by atoms with Gasteiger partial charge in [0.15, 0.2) is 5.82 Å². The molecule has 2 aromatic heterocycles. The van der Waals surface area contributed by atoms with Gasteiger partial charge in [-0.1, -0.05) is 18.2 Å². The molecule has 184 valence electrons. The van der Waals surface area contributed by atoms with Crippen molar-refractivity contribution in [1.29, 1.82) is 0 Å². The molecule has 35 heavy (non-hydrogen) atoms. The van der Waals surface area contributed by atoms with Crippen molar-refractivity contribution in [3.05, 3.63) is 46.1 Å². The Morgan fingerprint density at radius 1 is 1.06 bits per heavy atom. The molecule has 2 aliphatic rings. The van der Waals surface area contributed by atoms with Gasteiger partial charge in [0.25, 0.3) is 5.91 Å². The van der Waals surface area contributed by atoms with Gasteiger partial charge in [0.1, 0.15) is 11.4 Å². The van der Waals surface area contributed by atoms with E-state index in [1.807, 2.05) is 34.9 Å². The second-order valence-electron chi connectivity index (χ2n) is 8.81. The standard InChI is InChI=1S/C25H29N5O4S/c1-16-21-23(34-3)26-19(15-33-2)27-24(21)35-22(16)25(32)29-12-10-28(11-13-29)14-20(31)30-9-8-17-6-4-5-7-18(17)30/h4-7H,8-15H2,1-3H3. The van der Waals surface area contributed by atoms with Gasteiger partial charge >= 0.3 is 0 Å². The highest BCUT2D eigenvalue weighted by atomic mass is 32.1. The molecule has 9 nitrogen and oxygen atoms in total. The van der Waals surface area contributed by atoms with E-state index in [0.717, 1.165) is 34.4 Å². The number of aromatic nitrogens is 2. The average Bonchev–Trinajstić information content (AvgIpc) is 3.45. The number of piperazine rings is 1. The van der Waals surface area contributed by atoms with Crippen LogP contribution >= 0.6 is 11.3 Å². The smallest absolute Gasteiger partial charge is 0.264 e. The van der Waals surface area contributed by atoms with Gasteiger partial charge in [-0.3, -0.25) is 14.5 Å². The summed E-state index contributed by atoms with van der Waals surface area (Å²) < 4.78 is 10.6. The molecule has 1 saturated heterocycles. The van der Waals surface area contributed by atoms with Gasteiger partial charge in [-0.15, -0.1) is 11.3 Å². The first-order chi connectivity index (χ1) is 17.0. The Labute approximate surface area is 208 Å². The zero-order chi connectivity index (χ0) is 24.5. The summed E-state index contributed by atoms with van der Waals surface area (Å²) in [5.74, 6) is 1.09. The Kier molecular flexibility index (Phi) is 6.68. The Morgan fingerprint density at radius 2 is 1.83 bits per heavy atom. The second-order valence-corrected chi connectivity index (χ2v) is 9.81. The van der Waals surface area contributed by atoms with Gasteiger partial charge < -0.3 is 19.3 Å². The van der Waals surface area contributed by atoms with E-state index in [1.54, 1.807) is 14.2 Å². The number of nitrogens with zero attached hydrogens (tertiary/aromatic N) is 5. The number of carbonyl (C=O) groups is 2. The molecule has 0 unspecified atom stereocenters. The minimum absolute atomic E-state index is 0.0136. The van der Waals surface area contributed by atoms with Gasteiger partial charge in [-0.05, 0) is 30.5 Å². The number of hydrogen-bond acceptors (Lipinski definition) is 8. The second kappa shape index (κ2) is 9.88. The third-order valence-electron chi connectivity index (χ3n) is 6.67. The predicted octanol–water partition coefficient (Wildman–Crippen LogP) is 2.50. The van der Waals surface area contributed by atoms with Crippen molar-refractivity contribution in [3.8, 4) is 5.88 Å². The molecule has 1 aromatic carbocycles. The van der Waals surface area contributed by atoms with Crippen molar-refractivity contribution in [2.24, 2.45) is 0 Å². The summed E-state index contributed by atoms with van der Waals surface area (Å²) in [6.07, 6.45) is 0.904. The van der Waals surface area contributed by atoms with Crippen molar-refractivity contribution in [3.63, 3.8) is 0 Å². The molecule has 0 atom stereocenters. The van der Waals surface area contributed by atoms with Crippen LogP contribution in [0.15, 0.2) is 24.3 Å². The van der Waals surface area contributed by atoms with Gasteiger partial charge in [-0.25, -0.2) is 4.98 Å². The van der Waals surface area contributed by atoms with E-state index in [1.165, 1.54) is 16.9 Å². The highest BCUT2D eigenvalue weighted by Gasteiger charge is 2.30. The number of benzene rings is 1. The third-order valence-corrected chi connectivity index (χ3v) is 7.84. The monoisotopic (exact) mass is 495 g/mol. The molecule has 1 fully saturated rings. The van der Waals surface area contributed by atoms with Crippen LogP contribution in [0.5, 0.6) is 5.88 Å². The average molecular weight is 496 g/mol. The van der Waals surface area contributed by atoms with E-state index in [2.05, 4.69) is 20.9 Å². The number of methoxy groups -OCH3 is 2. The van der Waals surface area contributed by atoms with Gasteiger partial charge in [0.05, 0.1) is 23.9 Å². The molecule has 0 aliphatic carbocycles. The molecule has 2 amide bonds. The molecular formula is C25H29N5O4S. The van der Waals surface area contributed by atoms with E-state index in [9.17, 15) is 9.59 Å². The summed E-state index contributed by atoms with van der Waals surface area (Å²) >= 11 is 1.36. The molecule has 10 heteroatoms. The van der Waals surface area contributed by atoms with Crippen LogP contribution in [0, 0.1) is 6.92 Å². The zero-order valence-electron chi connectivity index (χ0n) is 20.2. The van der Waals surface area contributed by atoms with Crippen LogP contribution in [-0.4, -0.2) is 85.1 Å². The summed E-state index contributed by atoms with van der Waals surface area (Å²) in [5.41, 5.74) is 3.09. The largest absolute Gasteiger partial charge is 0.480 e. The Hall–Kier alpha value is -3.08. The fourth-order valence-corrected chi connectivity index (χ4v) is 5.97. The van der Waals surface area contributed by atoms with Crippen molar-refractivity contribution in [1.82, 2.24) is 19.8 Å². The van der Waals surface area contributed by atoms with Crippen LogP contribution < -0.4 is 9.64 Å². The lowest BCUT2D eigenvalue weighted by Gasteiger charge is -2.35. The number of thiophene rings is 1. The van der Waals surface area contributed by atoms with Crippen molar-refractivity contribution >= 4 is 39.1 Å². The minimum atomic E-state index is -0.0136. The topological polar surface area (TPSA) is 88.1 Å². The molecule has 0 spiro atoms. The first kappa shape index (κ1) is 23.7. The van der Waals surface area contributed by atoms with Crippen molar-refractivity contribution in [2.75, 3.05) is 58.4 Å². The molecule has 4 heterocycles. The molecule has 5 rings (SSSR count). The maximum atomic E-state index is 13.4. The summed E-state index contributed by atoms with van der Waals surface area (Å²) in [6.45, 7) is 5.78. The van der Waals surface area contributed by atoms with Crippen molar-refractivity contribution in [2.45, 2.75) is 20.0 Å². The van der Waals surface area contributed by atoms with E-state index in [-0.39, 0.29) is 18.4 Å². The molecule has 2 aliphatic heterocycles. The fraction of sp³-hybridized carbons (Fsp3) is 0.440. The first-order valence-corrected chi connectivity index (χ1v) is 12.5. The van der Waals surface area contributed by atoms with E-state index in [4.69, 9.17) is 9.47 Å². The number of fused-ring (bicyclic) bond motifs is 2. The predicted molar refractivity (Wildman–Crippen MR) is 134 cm³/mol. The number of ether oxygens (including phenoxy) is 2. The lowest BCUT2D eigenvalue weighted by atomic mass is 10.2. The normalized spacial score (nSPS) is 16.1. The minimum Gasteiger partial charge on any atom is -0.480 e. The Balaban J connectivity index is 1.25. The summed E-state index contributed by atoms with van der Waals surface area (Å²) in [5, 5.41) is 0.774. The Bertz CT molecular complexity index is 1270. The molecule has 3 aromatic rings. The quantitative estimate of drug-likeness (QED) is 0.519. The first-order valence-electron chi connectivity index (χ1n) is 11.7. The van der Waals surface area contributed by atoms with Gasteiger partial charge in [-0.2, -0.15) is 4.98 Å².